The molecule has 0 fully saturated rings. The van der Waals surface area contributed by atoms with Gasteiger partial charge in [0, 0.05) is 12.2 Å². The van der Waals surface area contributed by atoms with Crippen LogP contribution in [-0.4, -0.2) is 11.7 Å². The SMILES string of the molecule is Cc1ccc(C)c(NC(=S)NCCc2ccc(C(C)C)cc2)c1. The molecule has 0 amide bonds. The van der Waals surface area contributed by atoms with E-state index in [-0.39, 0.29) is 0 Å². The molecule has 0 aliphatic rings. The van der Waals surface area contributed by atoms with Gasteiger partial charge in [-0.2, -0.15) is 0 Å². The molecule has 0 unspecified atom stereocenters. The third kappa shape index (κ3) is 5.36. The van der Waals surface area contributed by atoms with Crippen molar-refractivity contribution >= 4 is 23.0 Å². The molecule has 0 aliphatic heterocycles. The van der Waals surface area contributed by atoms with Crippen LogP contribution >= 0.6 is 12.2 Å². The minimum Gasteiger partial charge on any atom is -0.362 e. The van der Waals surface area contributed by atoms with Gasteiger partial charge >= 0.3 is 0 Å². The first kappa shape index (κ1) is 17.5. The maximum Gasteiger partial charge on any atom is 0.170 e. The zero-order valence-corrected chi connectivity index (χ0v) is 15.3. The second-order valence-electron chi connectivity index (χ2n) is 6.35. The molecule has 122 valence electrons. The van der Waals surface area contributed by atoms with E-state index in [9.17, 15) is 0 Å². The summed E-state index contributed by atoms with van der Waals surface area (Å²) in [6.07, 6.45) is 0.965. The lowest BCUT2D eigenvalue weighted by atomic mass is 10.0. The third-order valence-corrected chi connectivity index (χ3v) is 4.23. The molecule has 3 heteroatoms. The molecule has 2 aromatic carbocycles. The number of rotatable bonds is 5. The van der Waals surface area contributed by atoms with Crippen molar-refractivity contribution in [1.29, 1.82) is 0 Å². The molecule has 0 saturated carbocycles. The molecule has 0 spiro atoms. The van der Waals surface area contributed by atoms with Crippen molar-refractivity contribution in [2.75, 3.05) is 11.9 Å². The van der Waals surface area contributed by atoms with Gasteiger partial charge in [0.2, 0.25) is 0 Å². The Balaban J connectivity index is 1.81. The van der Waals surface area contributed by atoms with Crippen LogP contribution in [0.1, 0.15) is 42.0 Å². The number of hydrogen-bond donors (Lipinski definition) is 2. The normalized spacial score (nSPS) is 10.7. The molecule has 2 nitrogen and oxygen atoms in total. The average Bonchev–Trinajstić information content (AvgIpc) is 2.51. The highest BCUT2D eigenvalue weighted by Gasteiger charge is 2.02. The van der Waals surface area contributed by atoms with Gasteiger partial charge < -0.3 is 10.6 Å². The third-order valence-electron chi connectivity index (χ3n) is 3.99. The van der Waals surface area contributed by atoms with Gasteiger partial charge in [0.25, 0.3) is 0 Å². The topological polar surface area (TPSA) is 24.1 Å². The summed E-state index contributed by atoms with van der Waals surface area (Å²) in [5.41, 5.74) is 6.21. The molecule has 0 atom stereocenters. The Kier molecular flexibility index (Phi) is 6.17. The number of nitrogens with one attached hydrogen (secondary N) is 2. The minimum absolute atomic E-state index is 0.580. The summed E-state index contributed by atoms with van der Waals surface area (Å²) in [6, 6.07) is 15.2. The van der Waals surface area contributed by atoms with Crippen LogP contribution in [0.2, 0.25) is 0 Å². The van der Waals surface area contributed by atoms with Crippen LogP contribution in [0, 0.1) is 13.8 Å². The van der Waals surface area contributed by atoms with Gasteiger partial charge in [-0.3, -0.25) is 0 Å². The van der Waals surface area contributed by atoms with E-state index in [0.717, 1.165) is 18.7 Å². The van der Waals surface area contributed by atoms with Crippen LogP contribution in [0.5, 0.6) is 0 Å². The predicted molar refractivity (Wildman–Crippen MR) is 104 cm³/mol. The summed E-state index contributed by atoms with van der Waals surface area (Å²) in [5.74, 6) is 0.580. The first-order valence-corrected chi connectivity index (χ1v) is 8.57. The van der Waals surface area contributed by atoms with Crippen LogP contribution in [0.15, 0.2) is 42.5 Å². The monoisotopic (exact) mass is 326 g/mol. The van der Waals surface area contributed by atoms with E-state index in [1.807, 2.05) is 0 Å². The van der Waals surface area contributed by atoms with Crippen LogP contribution < -0.4 is 10.6 Å². The van der Waals surface area contributed by atoms with Crippen molar-refractivity contribution in [2.45, 2.75) is 40.0 Å². The fourth-order valence-corrected chi connectivity index (χ4v) is 2.64. The van der Waals surface area contributed by atoms with E-state index in [1.54, 1.807) is 0 Å². The van der Waals surface area contributed by atoms with Crippen molar-refractivity contribution < 1.29 is 0 Å². The Morgan fingerprint density at radius 1 is 1.04 bits per heavy atom. The van der Waals surface area contributed by atoms with Crippen LogP contribution in [0.4, 0.5) is 5.69 Å². The fourth-order valence-electron chi connectivity index (χ4n) is 2.43. The highest BCUT2D eigenvalue weighted by molar-refractivity contribution is 7.80. The second-order valence-corrected chi connectivity index (χ2v) is 6.75. The number of anilines is 1. The Hall–Kier alpha value is -1.87. The molecule has 0 radical (unpaired) electrons. The highest BCUT2D eigenvalue weighted by Crippen LogP contribution is 2.16. The van der Waals surface area contributed by atoms with Crippen LogP contribution in [-0.2, 0) is 6.42 Å². The minimum atomic E-state index is 0.580. The van der Waals surface area contributed by atoms with Crippen molar-refractivity contribution in [3.8, 4) is 0 Å². The van der Waals surface area contributed by atoms with Gasteiger partial charge in [0.1, 0.15) is 0 Å². The molecule has 2 rings (SSSR count). The molecule has 0 saturated heterocycles. The highest BCUT2D eigenvalue weighted by atomic mass is 32.1. The van der Waals surface area contributed by atoms with Gasteiger partial charge in [0.15, 0.2) is 5.11 Å². The van der Waals surface area contributed by atoms with Gasteiger partial charge in [-0.15, -0.1) is 0 Å². The van der Waals surface area contributed by atoms with Crippen LogP contribution in [0.3, 0.4) is 0 Å². The molecule has 2 aromatic rings. The van der Waals surface area contributed by atoms with E-state index in [1.165, 1.54) is 22.3 Å². The average molecular weight is 327 g/mol. The lowest BCUT2D eigenvalue weighted by molar-refractivity contribution is 0.853. The van der Waals surface area contributed by atoms with E-state index in [0.29, 0.717) is 11.0 Å². The number of benzene rings is 2. The summed E-state index contributed by atoms with van der Waals surface area (Å²) in [4.78, 5) is 0. The Morgan fingerprint density at radius 2 is 1.74 bits per heavy atom. The predicted octanol–water partition coefficient (Wildman–Crippen LogP) is 4.96. The lowest BCUT2D eigenvalue weighted by Crippen LogP contribution is -2.30. The molecule has 0 heterocycles. The fraction of sp³-hybridized carbons (Fsp3) is 0.350. The van der Waals surface area contributed by atoms with Crippen molar-refractivity contribution in [2.24, 2.45) is 0 Å². The lowest BCUT2D eigenvalue weighted by Gasteiger charge is -2.13. The molecular weight excluding hydrogens is 300 g/mol. The summed E-state index contributed by atoms with van der Waals surface area (Å²) >= 11 is 5.39. The number of hydrogen-bond acceptors (Lipinski definition) is 1. The Morgan fingerprint density at radius 3 is 2.39 bits per heavy atom. The van der Waals surface area contributed by atoms with E-state index < -0.39 is 0 Å². The summed E-state index contributed by atoms with van der Waals surface area (Å²) in [6.45, 7) is 9.43. The summed E-state index contributed by atoms with van der Waals surface area (Å²) in [7, 11) is 0. The van der Waals surface area contributed by atoms with E-state index >= 15 is 0 Å². The zero-order chi connectivity index (χ0) is 16.8. The zero-order valence-electron chi connectivity index (χ0n) is 14.4. The Labute approximate surface area is 145 Å². The summed E-state index contributed by atoms with van der Waals surface area (Å²) < 4.78 is 0. The molecule has 23 heavy (non-hydrogen) atoms. The van der Waals surface area contributed by atoms with Gasteiger partial charge in [0.05, 0.1) is 0 Å². The van der Waals surface area contributed by atoms with Crippen molar-refractivity contribution in [3.05, 3.63) is 64.7 Å². The smallest absolute Gasteiger partial charge is 0.170 e. The van der Waals surface area contributed by atoms with Crippen LogP contribution in [0.25, 0.3) is 0 Å². The standard InChI is InChI=1S/C20H26N2S/c1-14(2)18-9-7-17(8-10-18)11-12-21-20(23)22-19-13-15(3)5-6-16(19)4/h5-10,13-14H,11-12H2,1-4H3,(H2,21,22,23). The van der Waals surface area contributed by atoms with Gasteiger partial charge in [-0.25, -0.2) is 0 Å². The van der Waals surface area contributed by atoms with Crippen molar-refractivity contribution in [1.82, 2.24) is 5.32 Å². The maximum atomic E-state index is 5.39. The van der Waals surface area contributed by atoms with Gasteiger partial charge in [-0.05, 0) is 66.7 Å². The van der Waals surface area contributed by atoms with Gasteiger partial charge in [-0.1, -0.05) is 50.2 Å². The molecule has 0 aliphatic carbocycles. The van der Waals surface area contributed by atoms with E-state index in [4.69, 9.17) is 12.2 Å². The largest absolute Gasteiger partial charge is 0.362 e. The maximum absolute atomic E-state index is 5.39. The Bertz CT molecular complexity index is 660. The first-order chi connectivity index (χ1) is 11.0. The number of aryl methyl sites for hydroxylation is 2. The summed E-state index contributed by atoms with van der Waals surface area (Å²) in [5, 5.41) is 7.24. The molecular formula is C20H26N2S. The molecule has 2 N–H and O–H groups in total. The first-order valence-electron chi connectivity index (χ1n) is 8.16. The number of thiocarbonyl (C=S) groups is 1. The molecule has 0 bridgehead atoms. The second kappa shape index (κ2) is 8.11. The van der Waals surface area contributed by atoms with Crippen molar-refractivity contribution in [3.63, 3.8) is 0 Å². The van der Waals surface area contributed by atoms with E-state index in [2.05, 4.69) is 80.8 Å². The molecule has 0 aromatic heterocycles. The quantitative estimate of drug-likeness (QED) is 0.760.